The van der Waals surface area contributed by atoms with Gasteiger partial charge in [0.2, 0.25) is 5.91 Å². The van der Waals surface area contributed by atoms with Gasteiger partial charge < -0.3 is 25.2 Å². The fraction of sp³-hybridized carbons (Fsp3) is 0.909. The summed E-state index contributed by atoms with van der Waals surface area (Å²) < 4.78 is 10.3. The van der Waals surface area contributed by atoms with Crippen LogP contribution in [0.15, 0.2) is 0 Å². The van der Waals surface area contributed by atoms with Gasteiger partial charge in [-0.15, -0.1) is 0 Å². The largest absolute Gasteiger partial charge is 0.391 e. The molecule has 1 heterocycles. The summed E-state index contributed by atoms with van der Waals surface area (Å²) in [6.07, 6.45) is -0.0483. The number of rotatable bonds is 8. The minimum absolute atomic E-state index is 0.0680. The highest BCUT2D eigenvalue weighted by molar-refractivity contribution is 5.77. The number of ether oxygens (including phenoxy) is 2. The Morgan fingerprint density at radius 1 is 1.59 bits per heavy atom. The van der Waals surface area contributed by atoms with Gasteiger partial charge in [0.25, 0.3) is 0 Å². The maximum atomic E-state index is 11.4. The average Bonchev–Trinajstić information content (AvgIpc) is 2.24. The molecule has 1 saturated heterocycles. The molecule has 6 heteroatoms. The van der Waals surface area contributed by atoms with Crippen LogP contribution in [0.4, 0.5) is 0 Å². The van der Waals surface area contributed by atoms with E-state index in [4.69, 9.17) is 9.47 Å². The number of hydrogen-bond acceptors (Lipinski definition) is 5. The zero-order valence-corrected chi connectivity index (χ0v) is 10.5. The van der Waals surface area contributed by atoms with E-state index in [1.165, 1.54) is 7.11 Å². The van der Waals surface area contributed by atoms with Gasteiger partial charge in [-0.3, -0.25) is 4.79 Å². The van der Waals surface area contributed by atoms with Crippen LogP contribution in [-0.4, -0.2) is 62.7 Å². The van der Waals surface area contributed by atoms with Gasteiger partial charge in [0, 0.05) is 26.7 Å². The van der Waals surface area contributed by atoms with Crippen molar-refractivity contribution >= 4 is 5.91 Å². The Kier molecular flexibility index (Phi) is 5.84. The van der Waals surface area contributed by atoms with Crippen molar-refractivity contribution in [2.45, 2.75) is 25.0 Å². The number of nitrogens with one attached hydrogen (secondary N) is 2. The zero-order chi connectivity index (χ0) is 12.7. The lowest BCUT2D eigenvalue weighted by Gasteiger charge is -2.38. The molecule has 3 N–H and O–H groups in total. The van der Waals surface area contributed by atoms with Crippen molar-refractivity contribution in [3.63, 3.8) is 0 Å². The van der Waals surface area contributed by atoms with Crippen molar-refractivity contribution < 1.29 is 19.4 Å². The standard InChI is InChI=1S/C11H22N2O4/c1-11(7-12-8-11)17-6-10(15)13-4-3-9(14)5-16-2/h9,12,14H,3-8H2,1-2H3,(H,13,15). The summed E-state index contributed by atoms with van der Waals surface area (Å²) in [5, 5.41) is 15.1. The molecule has 6 nitrogen and oxygen atoms in total. The first kappa shape index (κ1) is 14.4. The quantitative estimate of drug-likeness (QED) is 0.505. The van der Waals surface area contributed by atoms with Gasteiger partial charge in [-0.25, -0.2) is 0 Å². The fourth-order valence-corrected chi connectivity index (χ4v) is 1.52. The third-order valence-electron chi connectivity index (χ3n) is 2.71. The highest BCUT2D eigenvalue weighted by Gasteiger charge is 2.32. The molecule has 1 aliphatic rings. The highest BCUT2D eigenvalue weighted by Crippen LogP contribution is 2.14. The summed E-state index contributed by atoms with van der Waals surface area (Å²) in [7, 11) is 1.53. The Morgan fingerprint density at radius 3 is 2.82 bits per heavy atom. The normalized spacial score (nSPS) is 19.5. The van der Waals surface area contributed by atoms with Gasteiger partial charge in [-0.1, -0.05) is 0 Å². The number of amides is 1. The van der Waals surface area contributed by atoms with E-state index in [1.54, 1.807) is 0 Å². The maximum absolute atomic E-state index is 11.4. The minimum Gasteiger partial charge on any atom is -0.391 e. The van der Waals surface area contributed by atoms with Crippen molar-refractivity contribution in [3.8, 4) is 0 Å². The van der Waals surface area contributed by atoms with E-state index in [-0.39, 0.29) is 24.7 Å². The monoisotopic (exact) mass is 246 g/mol. The van der Waals surface area contributed by atoms with Crippen molar-refractivity contribution in [1.82, 2.24) is 10.6 Å². The minimum atomic E-state index is -0.533. The zero-order valence-electron chi connectivity index (χ0n) is 10.5. The van der Waals surface area contributed by atoms with Crippen LogP contribution in [-0.2, 0) is 14.3 Å². The SMILES string of the molecule is COCC(O)CCNC(=O)COC1(C)CNC1. The predicted molar refractivity (Wildman–Crippen MR) is 62.7 cm³/mol. The molecule has 0 aromatic rings. The molecular weight excluding hydrogens is 224 g/mol. The average molecular weight is 246 g/mol. The molecule has 1 unspecified atom stereocenters. The van der Waals surface area contributed by atoms with Crippen LogP contribution in [0, 0.1) is 0 Å². The number of methoxy groups -OCH3 is 1. The maximum Gasteiger partial charge on any atom is 0.246 e. The van der Waals surface area contributed by atoms with Crippen LogP contribution in [0.25, 0.3) is 0 Å². The molecule has 1 aliphatic heterocycles. The molecule has 0 aromatic carbocycles. The van der Waals surface area contributed by atoms with Crippen molar-refractivity contribution in [1.29, 1.82) is 0 Å². The lowest BCUT2D eigenvalue weighted by molar-refractivity contribution is -0.135. The van der Waals surface area contributed by atoms with Crippen molar-refractivity contribution in [2.75, 3.05) is 40.0 Å². The van der Waals surface area contributed by atoms with Crippen LogP contribution >= 0.6 is 0 Å². The van der Waals surface area contributed by atoms with Gasteiger partial charge in [0.1, 0.15) is 6.61 Å². The van der Waals surface area contributed by atoms with E-state index in [2.05, 4.69) is 10.6 Å². The van der Waals surface area contributed by atoms with Crippen LogP contribution < -0.4 is 10.6 Å². The first-order chi connectivity index (χ1) is 8.06. The number of carbonyl (C=O) groups is 1. The van der Waals surface area contributed by atoms with Crippen LogP contribution in [0.3, 0.4) is 0 Å². The lowest BCUT2D eigenvalue weighted by atomic mass is 10.0. The van der Waals surface area contributed by atoms with Gasteiger partial charge in [0.15, 0.2) is 0 Å². The topological polar surface area (TPSA) is 79.8 Å². The Morgan fingerprint density at radius 2 is 2.29 bits per heavy atom. The molecule has 100 valence electrons. The summed E-state index contributed by atoms with van der Waals surface area (Å²) in [6.45, 7) is 4.33. The number of hydrogen-bond donors (Lipinski definition) is 3. The van der Waals surface area contributed by atoms with Gasteiger partial charge in [0.05, 0.1) is 18.3 Å². The second-order valence-corrected chi connectivity index (χ2v) is 4.59. The smallest absolute Gasteiger partial charge is 0.246 e. The lowest BCUT2D eigenvalue weighted by Crippen LogP contribution is -2.59. The molecule has 1 rings (SSSR count). The molecule has 0 spiro atoms. The molecule has 0 radical (unpaired) electrons. The second-order valence-electron chi connectivity index (χ2n) is 4.59. The Labute approximate surface area is 102 Å². The Hall–Kier alpha value is -0.690. The fourth-order valence-electron chi connectivity index (χ4n) is 1.52. The summed E-state index contributed by atoms with van der Waals surface area (Å²) in [6, 6.07) is 0. The van der Waals surface area contributed by atoms with Crippen LogP contribution in [0.2, 0.25) is 0 Å². The van der Waals surface area contributed by atoms with E-state index in [9.17, 15) is 9.90 Å². The molecule has 1 atom stereocenters. The Balaban J connectivity index is 2.01. The molecule has 17 heavy (non-hydrogen) atoms. The van der Waals surface area contributed by atoms with Crippen LogP contribution in [0.1, 0.15) is 13.3 Å². The van der Waals surface area contributed by atoms with Gasteiger partial charge in [-0.05, 0) is 13.3 Å². The third kappa shape index (κ3) is 5.45. The van der Waals surface area contributed by atoms with Crippen molar-refractivity contribution in [2.24, 2.45) is 0 Å². The molecule has 1 fully saturated rings. The summed E-state index contributed by atoms with van der Waals surface area (Å²) in [4.78, 5) is 11.4. The Bertz CT molecular complexity index is 244. The van der Waals surface area contributed by atoms with Crippen molar-refractivity contribution in [3.05, 3.63) is 0 Å². The van der Waals surface area contributed by atoms with E-state index >= 15 is 0 Å². The molecule has 0 saturated carbocycles. The van der Waals surface area contributed by atoms with E-state index in [1.807, 2.05) is 6.92 Å². The molecule has 1 amide bonds. The number of aliphatic hydroxyl groups excluding tert-OH is 1. The highest BCUT2D eigenvalue weighted by atomic mass is 16.5. The molecular formula is C11H22N2O4. The first-order valence-electron chi connectivity index (χ1n) is 5.84. The van der Waals surface area contributed by atoms with Gasteiger partial charge in [-0.2, -0.15) is 0 Å². The van der Waals surface area contributed by atoms with Crippen LogP contribution in [0.5, 0.6) is 0 Å². The predicted octanol–water partition coefficient (Wildman–Crippen LogP) is -1.12. The number of carbonyl (C=O) groups excluding carboxylic acids is 1. The summed E-state index contributed by atoms with van der Waals surface area (Å²) >= 11 is 0. The second kappa shape index (κ2) is 6.90. The van der Waals surface area contributed by atoms with Gasteiger partial charge >= 0.3 is 0 Å². The van der Waals surface area contributed by atoms with E-state index in [0.717, 1.165) is 13.1 Å². The molecule has 0 bridgehead atoms. The summed E-state index contributed by atoms with van der Waals surface area (Å²) in [5.41, 5.74) is -0.201. The first-order valence-corrected chi connectivity index (χ1v) is 5.84. The summed E-state index contributed by atoms with van der Waals surface area (Å²) in [5.74, 6) is -0.150. The van der Waals surface area contributed by atoms with E-state index in [0.29, 0.717) is 13.0 Å². The molecule has 0 aromatic heterocycles. The number of aliphatic hydroxyl groups is 1. The third-order valence-corrected chi connectivity index (χ3v) is 2.71. The van der Waals surface area contributed by atoms with E-state index < -0.39 is 6.10 Å². The molecule has 0 aliphatic carbocycles.